The summed E-state index contributed by atoms with van der Waals surface area (Å²) in [5, 5.41) is 10.1. The van der Waals surface area contributed by atoms with Crippen LogP contribution in [0.3, 0.4) is 0 Å². The van der Waals surface area contributed by atoms with Gasteiger partial charge in [0.1, 0.15) is 5.60 Å². The van der Waals surface area contributed by atoms with Gasteiger partial charge in [0.2, 0.25) is 11.8 Å². The number of anilines is 1. The monoisotopic (exact) mass is 319 g/mol. The predicted octanol–water partition coefficient (Wildman–Crippen LogP) is 1.45. The van der Waals surface area contributed by atoms with E-state index in [1.165, 1.54) is 4.90 Å². The summed E-state index contributed by atoms with van der Waals surface area (Å²) < 4.78 is 5.70. The number of fused-ring (bicyclic) bond motifs is 5. The minimum atomic E-state index is -1.07. The fraction of sp³-hybridized carbons (Fsp3) is 0.375. The number of rotatable bonds is 2. The predicted molar refractivity (Wildman–Crippen MR) is 79.5 cm³/mol. The third-order valence-corrected chi connectivity index (χ3v) is 5.05. The Morgan fingerprint density at radius 1 is 1.36 bits per heavy atom. The number of aliphatic hydroxyl groups excluding tert-OH is 1. The van der Waals surface area contributed by atoms with Gasteiger partial charge < -0.3 is 9.84 Å². The van der Waals surface area contributed by atoms with Crippen LogP contribution in [0.5, 0.6) is 0 Å². The number of nitrogens with zero attached hydrogens (tertiary/aromatic N) is 1. The van der Waals surface area contributed by atoms with Crippen molar-refractivity contribution in [1.29, 1.82) is 0 Å². The summed E-state index contributed by atoms with van der Waals surface area (Å²) >= 11 is 6.01. The van der Waals surface area contributed by atoms with Crippen molar-refractivity contribution >= 4 is 29.1 Å². The second kappa shape index (κ2) is 4.41. The molecule has 1 aromatic rings. The maximum atomic E-state index is 12.9. The van der Waals surface area contributed by atoms with Gasteiger partial charge in [0.15, 0.2) is 0 Å². The highest BCUT2D eigenvalue weighted by Gasteiger charge is 2.67. The van der Waals surface area contributed by atoms with E-state index >= 15 is 0 Å². The molecule has 1 N–H and O–H groups in total. The summed E-state index contributed by atoms with van der Waals surface area (Å²) in [4.78, 5) is 26.8. The topological polar surface area (TPSA) is 66.8 Å². The van der Waals surface area contributed by atoms with E-state index in [0.29, 0.717) is 10.7 Å². The zero-order chi connectivity index (χ0) is 15.6. The van der Waals surface area contributed by atoms with Crippen LogP contribution in [0.2, 0.25) is 5.02 Å². The van der Waals surface area contributed by atoms with Gasteiger partial charge in [-0.3, -0.25) is 9.59 Å². The molecule has 2 fully saturated rings. The standard InChI is InChI=1S/C16H14ClNO4/c1-8-2-3-9(17)6-10(8)18-14(20)12-11-4-5-16(7-19,22-11)13(12)15(18)21/h2-6,11-13,19H,7H2,1H3/t11-,12-,13+,16+/m1/s1. The summed E-state index contributed by atoms with van der Waals surface area (Å²) in [5.41, 5.74) is 0.235. The average molecular weight is 320 g/mol. The number of carbonyl (C=O) groups excluding carboxylic acids is 2. The lowest BCUT2D eigenvalue weighted by Gasteiger charge is -2.26. The molecule has 0 aliphatic carbocycles. The molecule has 5 nitrogen and oxygen atoms in total. The third kappa shape index (κ3) is 1.56. The molecule has 2 bridgehead atoms. The minimum absolute atomic E-state index is 0.287. The van der Waals surface area contributed by atoms with Gasteiger partial charge in [-0.05, 0) is 24.6 Å². The number of imide groups is 1. The van der Waals surface area contributed by atoms with Crippen LogP contribution in [0.15, 0.2) is 30.4 Å². The largest absolute Gasteiger partial charge is 0.393 e. The van der Waals surface area contributed by atoms with Crippen LogP contribution in [0.4, 0.5) is 5.69 Å². The first kappa shape index (κ1) is 13.9. The van der Waals surface area contributed by atoms with Gasteiger partial charge in [-0.1, -0.05) is 29.8 Å². The SMILES string of the molecule is Cc1ccc(Cl)cc1N1C(=O)[C@H]2[C@@H](C1=O)[C@@]1(CO)C=C[C@H]2O1. The molecule has 1 aromatic carbocycles. The maximum Gasteiger partial charge on any atom is 0.241 e. The van der Waals surface area contributed by atoms with Crippen LogP contribution in [-0.2, 0) is 14.3 Å². The van der Waals surface area contributed by atoms with Gasteiger partial charge in [0, 0.05) is 5.02 Å². The molecule has 3 heterocycles. The van der Waals surface area contributed by atoms with Gasteiger partial charge in [0.25, 0.3) is 0 Å². The highest BCUT2D eigenvalue weighted by atomic mass is 35.5. The van der Waals surface area contributed by atoms with Crippen molar-refractivity contribution in [1.82, 2.24) is 0 Å². The van der Waals surface area contributed by atoms with Gasteiger partial charge in [0.05, 0.1) is 30.2 Å². The molecule has 0 spiro atoms. The van der Waals surface area contributed by atoms with Gasteiger partial charge in [-0.15, -0.1) is 0 Å². The van der Waals surface area contributed by atoms with Crippen LogP contribution < -0.4 is 4.90 Å². The second-order valence-corrected chi connectivity index (χ2v) is 6.44. The third-order valence-electron chi connectivity index (χ3n) is 4.81. The van der Waals surface area contributed by atoms with E-state index in [0.717, 1.165) is 5.56 Å². The highest BCUT2D eigenvalue weighted by Crippen LogP contribution is 2.52. The smallest absolute Gasteiger partial charge is 0.241 e. The molecule has 114 valence electrons. The molecule has 2 saturated heterocycles. The van der Waals surface area contributed by atoms with Crippen molar-refractivity contribution in [3.8, 4) is 0 Å². The van der Waals surface area contributed by atoms with Crippen LogP contribution in [0.1, 0.15) is 5.56 Å². The summed E-state index contributed by atoms with van der Waals surface area (Å²) in [7, 11) is 0. The second-order valence-electron chi connectivity index (χ2n) is 6.00. The Labute approximate surface area is 132 Å². The first-order chi connectivity index (χ1) is 10.5. The maximum absolute atomic E-state index is 12.9. The van der Waals surface area contributed by atoms with Gasteiger partial charge in [-0.2, -0.15) is 0 Å². The van der Waals surface area contributed by atoms with Gasteiger partial charge in [-0.25, -0.2) is 4.90 Å². The average Bonchev–Trinajstić information content (AvgIpc) is 3.14. The van der Waals surface area contributed by atoms with Crippen molar-refractivity contribution in [3.63, 3.8) is 0 Å². The number of aliphatic hydroxyl groups is 1. The Kier molecular flexibility index (Phi) is 2.79. The molecule has 3 aliphatic heterocycles. The number of ether oxygens (including phenoxy) is 1. The van der Waals surface area contributed by atoms with Crippen molar-refractivity contribution in [2.24, 2.45) is 11.8 Å². The lowest BCUT2D eigenvalue weighted by molar-refractivity contribution is -0.128. The molecule has 0 aromatic heterocycles. The fourth-order valence-electron chi connectivity index (χ4n) is 3.74. The van der Waals surface area contributed by atoms with Crippen LogP contribution in [0, 0.1) is 18.8 Å². The molecular weight excluding hydrogens is 306 g/mol. The zero-order valence-corrected chi connectivity index (χ0v) is 12.6. The zero-order valence-electron chi connectivity index (χ0n) is 11.8. The number of halogens is 1. The van der Waals surface area contributed by atoms with Crippen molar-refractivity contribution in [3.05, 3.63) is 40.9 Å². The molecule has 3 aliphatic rings. The summed E-state index contributed by atoms with van der Waals surface area (Å²) in [5.74, 6) is -1.85. The number of amides is 2. The van der Waals surface area contributed by atoms with E-state index in [9.17, 15) is 14.7 Å². The van der Waals surface area contributed by atoms with E-state index in [1.807, 2.05) is 6.92 Å². The van der Waals surface area contributed by atoms with Crippen molar-refractivity contribution in [2.45, 2.75) is 18.6 Å². The Balaban J connectivity index is 1.81. The normalized spacial score (nSPS) is 35.6. The van der Waals surface area contributed by atoms with Gasteiger partial charge >= 0.3 is 0 Å². The molecule has 0 saturated carbocycles. The fourth-order valence-corrected chi connectivity index (χ4v) is 3.91. The Morgan fingerprint density at radius 3 is 2.86 bits per heavy atom. The molecule has 0 radical (unpaired) electrons. The molecule has 4 atom stereocenters. The van der Waals surface area contributed by atoms with E-state index in [-0.39, 0.29) is 18.4 Å². The molecule has 2 amide bonds. The van der Waals surface area contributed by atoms with E-state index in [1.54, 1.807) is 30.4 Å². The number of aryl methyl sites for hydroxylation is 1. The molecule has 6 heteroatoms. The number of benzene rings is 1. The number of carbonyl (C=O) groups is 2. The van der Waals surface area contributed by atoms with Crippen LogP contribution >= 0.6 is 11.6 Å². The van der Waals surface area contributed by atoms with Crippen molar-refractivity contribution < 1.29 is 19.4 Å². The molecule has 0 unspecified atom stereocenters. The Hall–Kier alpha value is -1.69. The van der Waals surface area contributed by atoms with Crippen molar-refractivity contribution in [2.75, 3.05) is 11.5 Å². The molecule has 4 rings (SSSR count). The lowest BCUT2D eigenvalue weighted by Crippen LogP contribution is -2.43. The van der Waals surface area contributed by atoms with E-state index in [2.05, 4.69) is 0 Å². The summed E-state index contributed by atoms with van der Waals surface area (Å²) in [6.45, 7) is 1.51. The van der Waals surface area contributed by atoms with Crippen LogP contribution in [-0.4, -0.2) is 35.2 Å². The first-order valence-electron chi connectivity index (χ1n) is 7.10. The molecular formula is C16H14ClNO4. The number of hydrogen-bond donors (Lipinski definition) is 1. The van der Waals surface area contributed by atoms with E-state index < -0.39 is 23.5 Å². The first-order valence-corrected chi connectivity index (χ1v) is 7.48. The lowest BCUT2D eigenvalue weighted by atomic mass is 9.77. The molecule has 22 heavy (non-hydrogen) atoms. The quantitative estimate of drug-likeness (QED) is 0.662. The highest BCUT2D eigenvalue weighted by molar-refractivity contribution is 6.31. The summed E-state index contributed by atoms with van der Waals surface area (Å²) in [6, 6.07) is 5.11. The Morgan fingerprint density at radius 2 is 2.14 bits per heavy atom. The number of hydrogen-bond acceptors (Lipinski definition) is 4. The minimum Gasteiger partial charge on any atom is -0.393 e. The Bertz CT molecular complexity index is 731. The summed E-state index contributed by atoms with van der Waals surface area (Å²) in [6.07, 6.45) is 3.02. The van der Waals surface area contributed by atoms with Crippen LogP contribution in [0.25, 0.3) is 0 Å². The van der Waals surface area contributed by atoms with E-state index in [4.69, 9.17) is 16.3 Å².